The lowest BCUT2D eigenvalue weighted by Gasteiger charge is -2.11. The van der Waals surface area contributed by atoms with Gasteiger partial charge in [-0.1, -0.05) is 0 Å². The Balaban J connectivity index is 1.83. The van der Waals surface area contributed by atoms with Gasteiger partial charge in [-0.3, -0.25) is 4.99 Å². The number of rotatable bonds is 3. The van der Waals surface area contributed by atoms with Crippen molar-refractivity contribution in [3.63, 3.8) is 0 Å². The lowest BCUT2D eigenvalue weighted by Crippen LogP contribution is -2.38. The van der Waals surface area contributed by atoms with Crippen LogP contribution in [0.1, 0.15) is 18.5 Å². The van der Waals surface area contributed by atoms with Gasteiger partial charge in [0.2, 0.25) is 0 Å². The Labute approximate surface area is 90.4 Å². The van der Waals surface area contributed by atoms with Gasteiger partial charge in [0.25, 0.3) is 0 Å². The Morgan fingerprint density at radius 1 is 1.60 bits per heavy atom. The summed E-state index contributed by atoms with van der Waals surface area (Å²) in [5.74, 6) is 0.902. The van der Waals surface area contributed by atoms with E-state index in [9.17, 15) is 0 Å². The first-order valence-corrected chi connectivity index (χ1v) is 5.37. The number of nitrogens with zero attached hydrogens (tertiary/aromatic N) is 2. The maximum absolute atomic E-state index is 4.18. The number of aliphatic imine (C=N–C) groups is 1. The molecule has 1 aliphatic carbocycles. The predicted molar refractivity (Wildman–Crippen MR) is 61.8 cm³/mol. The van der Waals surface area contributed by atoms with Gasteiger partial charge in [0, 0.05) is 32.0 Å². The molecular formula is C11H18N4. The number of hydrogen-bond donors (Lipinski definition) is 2. The average molecular weight is 206 g/mol. The van der Waals surface area contributed by atoms with Crippen molar-refractivity contribution in [2.75, 3.05) is 7.05 Å². The number of aryl methyl sites for hydroxylation is 1. The first kappa shape index (κ1) is 10.1. The summed E-state index contributed by atoms with van der Waals surface area (Å²) in [6.45, 7) is 0.815. The first-order valence-electron chi connectivity index (χ1n) is 5.37. The third kappa shape index (κ3) is 2.75. The van der Waals surface area contributed by atoms with Crippen LogP contribution >= 0.6 is 0 Å². The van der Waals surface area contributed by atoms with Crippen molar-refractivity contribution >= 4 is 5.96 Å². The molecule has 0 saturated heterocycles. The van der Waals surface area contributed by atoms with Crippen molar-refractivity contribution in [2.24, 2.45) is 12.0 Å². The van der Waals surface area contributed by atoms with Crippen molar-refractivity contribution in [1.29, 1.82) is 0 Å². The number of hydrogen-bond acceptors (Lipinski definition) is 1. The van der Waals surface area contributed by atoms with E-state index in [4.69, 9.17) is 0 Å². The van der Waals surface area contributed by atoms with E-state index < -0.39 is 0 Å². The van der Waals surface area contributed by atoms with E-state index in [0.29, 0.717) is 6.04 Å². The molecule has 0 amide bonds. The molecule has 2 rings (SSSR count). The summed E-state index contributed by atoms with van der Waals surface area (Å²) in [5.41, 5.74) is 1.26. The number of guanidine groups is 1. The van der Waals surface area contributed by atoms with Gasteiger partial charge < -0.3 is 15.2 Å². The second-order valence-corrected chi connectivity index (χ2v) is 3.95. The quantitative estimate of drug-likeness (QED) is 0.569. The van der Waals surface area contributed by atoms with E-state index in [-0.39, 0.29) is 0 Å². The molecular weight excluding hydrogens is 188 g/mol. The highest BCUT2D eigenvalue weighted by atomic mass is 15.2. The fourth-order valence-corrected chi connectivity index (χ4v) is 1.47. The molecule has 15 heavy (non-hydrogen) atoms. The number of nitrogens with one attached hydrogen (secondary N) is 2. The van der Waals surface area contributed by atoms with Crippen LogP contribution < -0.4 is 10.6 Å². The molecule has 4 heteroatoms. The molecule has 0 radical (unpaired) electrons. The highest BCUT2D eigenvalue weighted by Crippen LogP contribution is 2.18. The molecule has 0 atom stereocenters. The van der Waals surface area contributed by atoms with Crippen LogP contribution in [0.3, 0.4) is 0 Å². The SMILES string of the molecule is CN=C(NCc1cccn1C)NC1CC1. The van der Waals surface area contributed by atoms with Crippen molar-refractivity contribution < 1.29 is 0 Å². The molecule has 0 aromatic carbocycles. The van der Waals surface area contributed by atoms with Crippen LogP contribution in [0.2, 0.25) is 0 Å². The number of aromatic nitrogens is 1. The molecule has 1 aromatic rings. The van der Waals surface area contributed by atoms with Gasteiger partial charge in [-0.05, 0) is 25.0 Å². The summed E-state index contributed by atoms with van der Waals surface area (Å²) in [7, 11) is 3.86. The molecule has 0 unspecified atom stereocenters. The summed E-state index contributed by atoms with van der Waals surface area (Å²) in [4.78, 5) is 4.18. The molecule has 1 heterocycles. The highest BCUT2D eigenvalue weighted by molar-refractivity contribution is 5.80. The topological polar surface area (TPSA) is 41.4 Å². The minimum atomic E-state index is 0.643. The first-order chi connectivity index (χ1) is 7.29. The van der Waals surface area contributed by atoms with E-state index in [2.05, 4.69) is 26.3 Å². The van der Waals surface area contributed by atoms with Crippen LogP contribution in [-0.2, 0) is 13.6 Å². The highest BCUT2D eigenvalue weighted by Gasteiger charge is 2.21. The molecule has 0 spiro atoms. The monoisotopic (exact) mass is 206 g/mol. The van der Waals surface area contributed by atoms with E-state index in [1.54, 1.807) is 0 Å². The molecule has 1 aliphatic rings. The molecule has 1 fully saturated rings. The molecule has 82 valence electrons. The van der Waals surface area contributed by atoms with Crippen LogP contribution in [-0.4, -0.2) is 23.6 Å². The zero-order valence-corrected chi connectivity index (χ0v) is 9.33. The van der Waals surface area contributed by atoms with Crippen molar-refractivity contribution in [3.8, 4) is 0 Å². The van der Waals surface area contributed by atoms with Gasteiger partial charge >= 0.3 is 0 Å². The van der Waals surface area contributed by atoms with Crippen LogP contribution in [0.15, 0.2) is 23.3 Å². The minimum absolute atomic E-state index is 0.643. The molecule has 0 aliphatic heterocycles. The van der Waals surface area contributed by atoms with Crippen LogP contribution in [0, 0.1) is 0 Å². The van der Waals surface area contributed by atoms with Gasteiger partial charge in [0.1, 0.15) is 0 Å². The van der Waals surface area contributed by atoms with Crippen LogP contribution in [0.5, 0.6) is 0 Å². The normalized spacial score (nSPS) is 16.5. The summed E-state index contributed by atoms with van der Waals surface area (Å²) in [6.07, 6.45) is 4.59. The Morgan fingerprint density at radius 2 is 2.40 bits per heavy atom. The summed E-state index contributed by atoms with van der Waals surface area (Å²) >= 11 is 0. The summed E-state index contributed by atoms with van der Waals surface area (Å²) < 4.78 is 2.11. The lowest BCUT2D eigenvalue weighted by atomic mass is 10.4. The molecule has 0 bridgehead atoms. The second kappa shape index (κ2) is 4.38. The molecule has 2 N–H and O–H groups in total. The molecule has 1 aromatic heterocycles. The third-order valence-electron chi connectivity index (χ3n) is 2.63. The predicted octanol–water partition coefficient (Wildman–Crippen LogP) is 0.852. The Bertz CT molecular complexity index is 349. The smallest absolute Gasteiger partial charge is 0.191 e. The maximum atomic E-state index is 4.18. The van der Waals surface area contributed by atoms with E-state index in [0.717, 1.165) is 12.5 Å². The third-order valence-corrected chi connectivity index (χ3v) is 2.63. The van der Waals surface area contributed by atoms with Crippen LogP contribution in [0.25, 0.3) is 0 Å². The van der Waals surface area contributed by atoms with Gasteiger partial charge in [0.05, 0.1) is 6.54 Å². The van der Waals surface area contributed by atoms with Crippen LogP contribution in [0.4, 0.5) is 0 Å². The van der Waals surface area contributed by atoms with Gasteiger partial charge in [-0.25, -0.2) is 0 Å². The lowest BCUT2D eigenvalue weighted by molar-refractivity contribution is 0.748. The largest absolute Gasteiger partial charge is 0.354 e. The zero-order valence-electron chi connectivity index (χ0n) is 9.33. The van der Waals surface area contributed by atoms with Gasteiger partial charge in [0.15, 0.2) is 5.96 Å². The Kier molecular flexibility index (Phi) is 2.94. The van der Waals surface area contributed by atoms with Crippen molar-refractivity contribution in [1.82, 2.24) is 15.2 Å². The molecule has 1 saturated carbocycles. The Hall–Kier alpha value is -1.45. The molecule has 4 nitrogen and oxygen atoms in total. The zero-order chi connectivity index (χ0) is 10.7. The maximum Gasteiger partial charge on any atom is 0.191 e. The van der Waals surface area contributed by atoms with E-state index in [1.165, 1.54) is 18.5 Å². The van der Waals surface area contributed by atoms with E-state index in [1.807, 2.05) is 26.4 Å². The van der Waals surface area contributed by atoms with Crippen molar-refractivity contribution in [3.05, 3.63) is 24.0 Å². The van der Waals surface area contributed by atoms with Gasteiger partial charge in [-0.15, -0.1) is 0 Å². The van der Waals surface area contributed by atoms with Crippen molar-refractivity contribution in [2.45, 2.75) is 25.4 Å². The summed E-state index contributed by atoms with van der Waals surface area (Å²) in [5, 5.41) is 6.65. The second-order valence-electron chi connectivity index (χ2n) is 3.95. The fourth-order valence-electron chi connectivity index (χ4n) is 1.47. The van der Waals surface area contributed by atoms with Gasteiger partial charge in [-0.2, -0.15) is 0 Å². The average Bonchev–Trinajstić information content (AvgIpc) is 2.96. The summed E-state index contributed by atoms with van der Waals surface area (Å²) in [6, 6.07) is 4.80. The fraction of sp³-hybridized carbons (Fsp3) is 0.545. The minimum Gasteiger partial charge on any atom is -0.354 e. The van der Waals surface area contributed by atoms with E-state index >= 15 is 0 Å². The standard InChI is InChI=1S/C11H18N4/c1-12-11(14-9-5-6-9)13-8-10-4-3-7-15(10)2/h3-4,7,9H,5-6,8H2,1-2H3,(H2,12,13,14). The Morgan fingerprint density at radius 3 is 2.93 bits per heavy atom.